The zero-order valence-corrected chi connectivity index (χ0v) is 16.1. The van der Waals surface area contributed by atoms with Gasteiger partial charge in [0, 0.05) is 32.3 Å². The van der Waals surface area contributed by atoms with Crippen LogP contribution in [0.1, 0.15) is 22.3 Å². The van der Waals surface area contributed by atoms with Gasteiger partial charge in [-0.05, 0) is 30.2 Å². The summed E-state index contributed by atoms with van der Waals surface area (Å²) < 4.78 is 10.8. The van der Waals surface area contributed by atoms with Crippen molar-refractivity contribution in [2.75, 3.05) is 27.3 Å². The van der Waals surface area contributed by atoms with Crippen LogP contribution >= 0.6 is 0 Å². The Balaban J connectivity index is 1.48. The second kappa shape index (κ2) is 7.71. The van der Waals surface area contributed by atoms with Crippen molar-refractivity contribution < 1.29 is 14.3 Å². The molecule has 2 aromatic rings. The lowest BCUT2D eigenvalue weighted by atomic mass is 9.94. The van der Waals surface area contributed by atoms with Gasteiger partial charge >= 0.3 is 0 Å². The topological polar surface area (TPSA) is 43.3 Å². The number of nitrogens with zero attached hydrogens (tertiary/aromatic N) is 2. The molecule has 0 spiro atoms. The Labute approximate surface area is 160 Å². The molecule has 1 fully saturated rings. The number of fused-ring (bicyclic) bond motifs is 1. The van der Waals surface area contributed by atoms with Crippen LogP contribution in [0.25, 0.3) is 0 Å². The van der Waals surface area contributed by atoms with Crippen molar-refractivity contribution in [1.82, 2.24) is 4.90 Å². The summed E-state index contributed by atoms with van der Waals surface area (Å²) in [6, 6.07) is 14.8. The van der Waals surface area contributed by atoms with Crippen LogP contribution in [0.5, 0.6) is 5.75 Å². The van der Waals surface area contributed by atoms with Crippen LogP contribution in [0.15, 0.2) is 47.6 Å². The number of rotatable bonds is 6. The average molecular weight is 366 g/mol. The number of methoxy groups -OCH3 is 2. The minimum Gasteiger partial charge on any atom is -0.496 e. The predicted octanol–water partition coefficient (Wildman–Crippen LogP) is 3.38. The fourth-order valence-electron chi connectivity index (χ4n) is 3.99. The van der Waals surface area contributed by atoms with Crippen LogP contribution in [-0.4, -0.2) is 44.0 Å². The molecule has 0 bridgehead atoms. The molecule has 0 saturated carbocycles. The summed E-state index contributed by atoms with van der Waals surface area (Å²) in [5.41, 5.74) is 5.83. The van der Waals surface area contributed by atoms with Crippen LogP contribution in [-0.2, 0) is 22.7 Å². The van der Waals surface area contributed by atoms with Gasteiger partial charge in [0.05, 0.1) is 25.3 Å². The molecule has 0 aliphatic carbocycles. The Morgan fingerprint density at radius 1 is 1.11 bits per heavy atom. The van der Waals surface area contributed by atoms with Gasteiger partial charge in [-0.3, -0.25) is 4.90 Å². The maximum atomic E-state index is 5.76. The molecule has 2 heterocycles. The van der Waals surface area contributed by atoms with E-state index in [9.17, 15) is 0 Å². The molecule has 0 radical (unpaired) electrons. The normalized spacial score (nSPS) is 21.7. The number of oxime groups is 1. The van der Waals surface area contributed by atoms with Crippen molar-refractivity contribution in [2.24, 2.45) is 11.1 Å². The summed E-state index contributed by atoms with van der Waals surface area (Å²) in [5.74, 6) is 1.24. The van der Waals surface area contributed by atoms with Gasteiger partial charge in [0.1, 0.15) is 11.9 Å². The predicted molar refractivity (Wildman–Crippen MR) is 105 cm³/mol. The first kappa shape index (κ1) is 18.0. The SMILES string of the molecule is COCc1ccc(OC)c(CN2C[C@@H]3ON=C(c4ccc(C)cc4)[C@@H]3C2)c1. The maximum absolute atomic E-state index is 5.76. The minimum absolute atomic E-state index is 0.134. The highest BCUT2D eigenvalue weighted by Crippen LogP contribution is 2.32. The van der Waals surface area contributed by atoms with Crippen molar-refractivity contribution in [3.05, 3.63) is 64.7 Å². The molecule has 0 aromatic heterocycles. The largest absolute Gasteiger partial charge is 0.496 e. The molecule has 2 aliphatic rings. The van der Waals surface area contributed by atoms with E-state index in [2.05, 4.69) is 53.4 Å². The first-order valence-electron chi connectivity index (χ1n) is 9.35. The van der Waals surface area contributed by atoms with Gasteiger partial charge < -0.3 is 14.3 Å². The molecular weight excluding hydrogens is 340 g/mol. The first-order chi connectivity index (χ1) is 13.2. The summed E-state index contributed by atoms with van der Waals surface area (Å²) in [5, 5.41) is 4.38. The van der Waals surface area contributed by atoms with Gasteiger partial charge in [0.15, 0.2) is 0 Å². The summed E-state index contributed by atoms with van der Waals surface area (Å²) in [6.07, 6.45) is 0.134. The zero-order valence-electron chi connectivity index (χ0n) is 16.1. The number of ether oxygens (including phenoxy) is 2. The molecule has 0 unspecified atom stereocenters. The van der Waals surface area contributed by atoms with Crippen LogP contribution in [0, 0.1) is 12.8 Å². The highest BCUT2D eigenvalue weighted by Gasteiger charge is 2.42. The fraction of sp³-hybridized carbons (Fsp3) is 0.409. The van der Waals surface area contributed by atoms with E-state index in [0.29, 0.717) is 12.5 Å². The van der Waals surface area contributed by atoms with Crippen LogP contribution in [0.4, 0.5) is 0 Å². The minimum atomic E-state index is 0.134. The molecule has 2 aliphatic heterocycles. The molecule has 27 heavy (non-hydrogen) atoms. The van der Waals surface area contributed by atoms with Gasteiger partial charge in [0.2, 0.25) is 0 Å². The fourth-order valence-corrected chi connectivity index (χ4v) is 3.99. The lowest BCUT2D eigenvalue weighted by Crippen LogP contribution is -2.23. The quantitative estimate of drug-likeness (QED) is 0.786. The summed E-state index contributed by atoms with van der Waals surface area (Å²) >= 11 is 0. The standard InChI is InChI=1S/C22H26N2O3/c1-15-4-7-17(8-5-15)22-19-12-24(13-21(19)27-23-22)11-18-10-16(14-25-2)6-9-20(18)26-3/h4-10,19,21H,11-14H2,1-3H3/t19-,21+/m1/s1. The van der Waals surface area contributed by atoms with E-state index in [1.54, 1.807) is 14.2 Å². The van der Waals surface area contributed by atoms with E-state index < -0.39 is 0 Å². The third-order valence-electron chi connectivity index (χ3n) is 5.38. The molecule has 2 atom stereocenters. The van der Waals surface area contributed by atoms with Crippen LogP contribution in [0.3, 0.4) is 0 Å². The van der Waals surface area contributed by atoms with Gasteiger partial charge in [-0.15, -0.1) is 0 Å². The molecule has 2 aromatic carbocycles. The summed E-state index contributed by atoms with van der Waals surface area (Å²) in [4.78, 5) is 8.18. The Bertz CT molecular complexity index is 832. The van der Waals surface area contributed by atoms with Crippen molar-refractivity contribution in [3.8, 4) is 5.75 Å². The Morgan fingerprint density at radius 2 is 1.93 bits per heavy atom. The van der Waals surface area contributed by atoms with Crippen molar-refractivity contribution in [2.45, 2.75) is 26.2 Å². The lowest BCUT2D eigenvalue weighted by molar-refractivity contribution is 0.0744. The molecule has 5 heteroatoms. The van der Waals surface area contributed by atoms with Gasteiger partial charge in [0.25, 0.3) is 0 Å². The van der Waals surface area contributed by atoms with E-state index >= 15 is 0 Å². The molecule has 0 amide bonds. The van der Waals surface area contributed by atoms with Crippen molar-refractivity contribution in [3.63, 3.8) is 0 Å². The maximum Gasteiger partial charge on any atom is 0.149 e. The smallest absolute Gasteiger partial charge is 0.149 e. The first-order valence-corrected chi connectivity index (χ1v) is 9.35. The number of likely N-dealkylation sites (tertiary alicyclic amines) is 1. The highest BCUT2D eigenvalue weighted by atomic mass is 16.6. The zero-order chi connectivity index (χ0) is 18.8. The van der Waals surface area contributed by atoms with Crippen LogP contribution in [0.2, 0.25) is 0 Å². The van der Waals surface area contributed by atoms with Gasteiger partial charge in [-0.25, -0.2) is 0 Å². The van der Waals surface area contributed by atoms with Crippen molar-refractivity contribution in [1.29, 1.82) is 0 Å². The number of hydrogen-bond donors (Lipinski definition) is 0. The van der Waals surface area contributed by atoms with Crippen molar-refractivity contribution >= 4 is 5.71 Å². The monoisotopic (exact) mass is 366 g/mol. The molecule has 142 valence electrons. The number of benzene rings is 2. The Hall–Kier alpha value is -2.37. The van der Waals surface area contributed by atoms with E-state index in [-0.39, 0.29) is 6.10 Å². The molecule has 0 N–H and O–H groups in total. The number of hydrogen-bond acceptors (Lipinski definition) is 5. The Morgan fingerprint density at radius 3 is 2.67 bits per heavy atom. The van der Waals surface area contributed by atoms with E-state index in [0.717, 1.165) is 42.2 Å². The molecule has 5 nitrogen and oxygen atoms in total. The third kappa shape index (κ3) is 3.70. The molecular formula is C22H26N2O3. The van der Waals surface area contributed by atoms with E-state index in [1.165, 1.54) is 11.1 Å². The van der Waals surface area contributed by atoms with Crippen LogP contribution < -0.4 is 4.74 Å². The van der Waals surface area contributed by atoms with E-state index in [4.69, 9.17) is 14.3 Å². The lowest BCUT2D eigenvalue weighted by Gasteiger charge is -2.19. The van der Waals surface area contributed by atoms with E-state index in [1.807, 2.05) is 6.07 Å². The van der Waals surface area contributed by atoms with Gasteiger partial charge in [-0.1, -0.05) is 41.1 Å². The summed E-state index contributed by atoms with van der Waals surface area (Å²) in [7, 11) is 3.44. The highest BCUT2D eigenvalue weighted by molar-refractivity contribution is 6.03. The second-order valence-electron chi connectivity index (χ2n) is 7.37. The Kier molecular flexibility index (Phi) is 5.14. The summed E-state index contributed by atoms with van der Waals surface area (Å²) in [6.45, 7) is 5.35. The molecule has 4 rings (SSSR count). The average Bonchev–Trinajstić information content (AvgIpc) is 3.23. The van der Waals surface area contributed by atoms with Gasteiger partial charge in [-0.2, -0.15) is 0 Å². The third-order valence-corrected chi connectivity index (χ3v) is 5.38. The number of aryl methyl sites for hydroxylation is 1. The molecule has 1 saturated heterocycles. The second-order valence-corrected chi connectivity index (χ2v) is 7.37.